The molecule has 1 aliphatic rings. The first-order chi connectivity index (χ1) is 9.01. The van der Waals surface area contributed by atoms with Gasteiger partial charge in [0.15, 0.2) is 0 Å². The third-order valence-electron chi connectivity index (χ3n) is 4.02. The summed E-state index contributed by atoms with van der Waals surface area (Å²) in [5.74, 6) is -2.16. The zero-order valence-corrected chi connectivity index (χ0v) is 10.8. The second-order valence-corrected chi connectivity index (χ2v) is 4.92. The van der Waals surface area contributed by atoms with E-state index in [1.165, 1.54) is 18.2 Å². The molecular formula is C14H17F2NO2. The standard InChI is InChI=1S/C14H17F2NO2/c1-2-14(13(18)19)7-4-8-17(14)9-10-11(15)5-3-6-12(10)16/h3,5-6H,2,4,7-9H2,1H3,(H,18,19). The molecule has 1 aromatic carbocycles. The number of benzene rings is 1. The smallest absolute Gasteiger partial charge is 0.324 e. The summed E-state index contributed by atoms with van der Waals surface area (Å²) in [5.41, 5.74) is -1.04. The van der Waals surface area contributed by atoms with Crippen LogP contribution in [0.3, 0.4) is 0 Å². The van der Waals surface area contributed by atoms with E-state index in [-0.39, 0.29) is 12.1 Å². The average molecular weight is 269 g/mol. The van der Waals surface area contributed by atoms with Crippen LogP contribution in [0.1, 0.15) is 31.7 Å². The Kier molecular flexibility index (Phi) is 3.85. The maximum absolute atomic E-state index is 13.6. The molecule has 2 rings (SSSR count). The van der Waals surface area contributed by atoms with Gasteiger partial charge in [0, 0.05) is 12.1 Å². The van der Waals surface area contributed by atoms with Gasteiger partial charge in [-0.2, -0.15) is 0 Å². The lowest BCUT2D eigenvalue weighted by molar-refractivity contribution is -0.150. The summed E-state index contributed by atoms with van der Waals surface area (Å²) < 4.78 is 27.3. The highest BCUT2D eigenvalue weighted by atomic mass is 19.1. The van der Waals surface area contributed by atoms with Gasteiger partial charge >= 0.3 is 5.97 Å². The fourth-order valence-corrected chi connectivity index (χ4v) is 2.83. The molecule has 1 heterocycles. The Morgan fingerprint density at radius 2 is 2.05 bits per heavy atom. The second-order valence-electron chi connectivity index (χ2n) is 4.92. The number of rotatable bonds is 4. The van der Waals surface area contributed by atoms with E-state index >= 15 is 0 Å². The molecule has 1 atom stereocenters. The maximum Gasteiger partial charge on any atom is 0.324 e. The summed E-state index contributed by atoms with van der Waals surface area (Å²) in [6.07, 6.45) is 1.68. The van der Waals surface area contributed by atoms with Crippen molar-refractivity contribution in [2.75, 3.05) is 6.54 Å². The average Bonchev–Trinajstić information content (AvgIpc) is 2.78. The fraction of sp³-hybridized carbons (Fsp3) is 0.500. The first-order valence-corrected chi connectivity index (χ1v) is 6.42. The van der Waals surface area contributed by atoms with Crippen molar-refractivity contribution >= 4 is 5.97 Å². The number of nitrogens with zero attached hydrogens (tertiary/aromatic N) is 1. The number of hydrogen-bond donors (Lipinski definition) is 1. The number of hydrogen-bond acceptors (Lipinski definition) is 2. The Bertz CT molecular complexity index is 472. The van der Waals surface area contributed by atoms with Gasteiger partial charge in [-0.25, -0.2) is 8.78 Å². The maximum atomic E-state index is 13.6. The molecule has 0 radical (unpaired) electrons. The van der Waals surface area contributed by atoms with Crippen LogP contribution in [-0.4, -0.2) is 28.1 Å². The monoisotopic (exact) mass is 269 g/mol. The van der Waals surface area contributed by atoms with Gasteiger partial charge in [0.2, 0.25) is 0 Å². The third-order valence-corrected chi connectivity index (χ3v) is 4.02. The Hall–Kier alpha value is -1.49. The van der Waals surface area contributed by atoms with Crippen LogP contribution >= 0.6 is 0 Å². The molecule has 104 valence electrons. The molecule has 1 unspecified atom stereocenters. The van der Waals surface area contributed by atoms with Gasteiger partial charge in [-0.05, 0) is 37.9 Å². The molecule has 1 saturated heterocycles. The predicted molar refractivity (Wildman–Crippen MR) is 66.7 cm³/mol. The minimum absolute atomic E-state index is 0.00134. The topological polar surface area (TPSA) is 40.5 Å². The van der Waals surface area contributed by atoms with Gasteiger partial charge in [0.1, 0.15) is 17.2 Å². The van der Waals surface area contributed by atoms with Crippen molar-refractivity contribution < 1.29 is 18.7 Å². The summed E-state index contributed by atoms with van der Waals surface area (Å²) in [6.45, 7) is 2.34. The van der Waals surface area contributed by atoms with Gasteiger partial charge < -0.3 is 5.11 Å². The van der Waals surface area contributed by atoms with Gasteiger partial charge in [-0.1, -0.05) is 13.0 Å². The van der Waals surface area contributed by atoms with E-state index in [1.54, 1.807) is 11.8 Å². The van der Waals surface area contributed by atoms with Crippen LogP contribution in [0, 0.1) is 11.6 Å². The van der Waals surface area contributed by atoms with Crippen LogP contribution in [0.15, 0.2) is 18.2 Å². The molecule has 0 amide bonds. The predicted octanol–water partition coefficient (Wildman–Crippen LogP) is 2.79. The zero-order valence-electron chi connectivity index (χ0n) is 10.8. The highest BCUT2D eigenvalue weighted by molar-refractivity contribution is 5.79. The van der Waals surface area contributed by atoms with Gasteiger partial charge in [0.25, 0.3) is 0 Å². The van der Waals surface area contributed by atoms with Crippen LogP contribution in [0.4, 0.5) is 8.78 Å². The molecule has 1 aliphatic heterocycles. The van der Waals surface area contributed by atoms with E-state index in [0.29, 0.717) is 19.4 Å². The number of carboxylic acids is 1. The normalized spacial score (nSPS) is 23.7. The van der Waals surface area contributed by atoms with E-state index in [1.807, 2.05) is 0 Å². The Morgan fingerprint density at radius 1 is 1.42 bits per heavy atom. The summed E-state index contributed by atoms with van der Waals surface area (Å²) in [5, 5.41) is 9.42. The van der Waals surface area contributed by atoms with Gasteiger partial charge in [-0.15, -0.1) is 0 Å². The third kappa shape index (κ3) is 2.34. The fourth-order valence-electron chi connectivity index (χ4n) is 2.83. The molecular weight excluding hydrogens is 252 g/mol. The Labute approximate surface area is 110 Å². The number of likely N-dealkylation sites (tertiary alicyclic amines) is 1. The minimum Gasteiger partial charge on any atom is -0.480 e. The molecule has 3 nitrogen and oxygen atoms in total. The van der Waals surface area contributed by atoms with Gasteiger partial charge in [0.05, 0.1) is 0 Å². The van der Waals surface area contributed by atoms with Crippen molar-refractivity contribution in [3.8, 4) is 0 Å². The zero-order chi connectivity index (χ0) is 14.0. The highest BCUT2D eigenvalue weighted by Crippen LogP contribution is 2.34. The van der Waals surface area contributed by atoms with Crippen LogP contribution < -0.4 is 0 Å². The largest absolute Gasteiger partial charge is 0.480 e. The molecule has 5 heteroatoms. The molecule has 0 saturated carbocycles. The summed E-state index contributed by atoms with van der Waals surface area (Å²) in [4.78, 5) is 13.2. The van der Waals surface area contributed by atoms with E-state index in [4.69, 9.17) is 0 Å². The molecule has 0 aliphatic carbocycles. The van der Waals surface area contributed by atoms with Crippen LogP contribution in [0.2, 0.25) is 0 Å². The summed E-state index contributed by atoms with van der Waals surface area (Å²) >= 11 is 0. The lowest BCUT2D eigenvalue weighted by atomic mass is 9.92. The molecule has 0 aromatic heterocycles. The lowest BCUT2D eigenvalue weighted by Gasteiger charge is -2.34. The van der Waals surface area contributed by atoms with E-state index in [2.05, 4.69) is 0 Å². The first kappa shape index (κ1) is 13.9. The lowest BCUT2D eigenvalue weighted by Crippen LogP contribution is -2.49. The van der Waals surface area contributed by atoms with Crippen molar-refractivity contribution in [2.24, 2.45) is 0 Å². The van der Waals surface area contributed by atoms with E-state index < -0.39 is 23.1 Å². The highest BCUT2D eigenvalue weighted by Gasteiger charge is 2.46. The number of aliphatic carboxylic acids is 1. The van der Waals surface area contributed by atoms with Crippen LogP contribution in [0.25, 0.3) is 0 Å². The van der Waals surface area contributed by atoms with Gasteiger partial charge in [-0.3, -0.25) is 9.69 Å². The van der Waals surface area contributed by atoms with E-state index in [9.17, 15) is 18.7 Å². The Balaban J connectivity index is 2.30. The minimum atomic E-state index is -0.991. The van der Waals surface area contributed by atoms with E-state index in [0.717, 1.165) is 6.42 Å². The van der Waals surface area contributed by atoms with Crippen LogP contribution in [0.5, 0.6) is 0 Å². The van der Waals surface area contributed by atoms with Crippen molar-refractivity contribution in [3.63, 3.8) is 0 Å². The summed E-state index contributed by atoms with van der Waals surface area (Å²) in [6, 6.07) is 3.70. The molecule has 1 fully saturated rings. The number of halogens is 2. The van der Waals surface area contributed by atoms with Crippen molar-refractivity contribution in [1.29, 1.82) is 0 Å². The van der Waals surface area contributed by atoms with Crippen molar-refractivity contribution in [3.05, 3.63) is 35.4 Å². The van der Waals surface area contributed by atoms with Crippen molar-refractivity contribution in [1.82, 2.24) is 4.90 Å². The molecule has 1 aromatic rings. The second kappa shape index (κ2) is 5.25. The SMILES string of the molecule is CCC1(C(=O)O)CCCN1Cc1c(F)cccc1F. The molecule has 0 bridgehead atoms. The number of carbonyl (C=O) groups is 1. The van der Waals surface area contributed by atoms with Crippen LogP contribution in [-0.2, 0) is 11.3 Å². The molecule has 1 N–H and O–H groups in total. The molecule has 0 spiro atoms. The number of carboxylic acid groups (broad SMARTS) is 1. The Morgan fingerprint density at radius 3 is 2.58 bits per heavy atom. The molecule has 19 heavy (non-hydrogen) atoms. The first-order valence-electron chi connectivity index (χ1n) is 6.42. The van der Waals surface area contributed by atoms with Crippen molar-refractivity contribution in [2.45, 2.75) is 38.3 Å². The summed E-state index contributed by atoms with van der Waals surface area (Å²) in [7, 11) is 0. The quantitative estimate of drug-likeness (QED) is 0.913.